The number of hydrogen-bond acceptors (Lipinski definition) is 6. The van der Waals surface area contributed by atoms with Gasteiger partial charge in [0.1, 0.15) is 23.8 Å². The van der Waals surface area contributed by atoms with Crippen LogP contribution in [0, 0.1) is 35.0 Å². The molecule has 1 aliphatic rings. The first-order valence-corrected chi connectivity index (χ1v) is 9.29. The topological polar surface area (TPSA) is 87.8 Å². The number of benzene rings is 1. The molecule has 0 unspecified atom stereocenters. The van der Waals surface area contributed by atoms with E-state index in [9.17, 15) is 10.5 Å². The van der Waals surface area contributed by atoms with Gasteiger partial charge in [-0.25, -0.2) is 4.98 Å². The molecule has 1 aromatic heterocycles. The fraction of sp³-hybridized carbons (Fsp3) is 0.318. The summed E-state index contributed by atoms with van der Waals surface area (Å²) >= 11 is 0. The van der Waals surface area contributed by atoms with Gasteiger partial charge in [0.2, 0.25) is 0 Å². The lowest BCUT2D eigenvalue weighted by atomic mass is 10.0. The molecule has 2 N–H and O–H groups in total. The molecule has 1 fully saturated rings. The summed E-state index contributed by atoms with van der Waals surface area (Å²) in [5.74, 6) is 3.38. The lowest BCUT2D eigenvalue weighted by molar-refractivity contribution is 0.211. The third kappa shape index (κ3) is 4.80. The monoisotopic (exact) mass is 370 g/mol. The Bertz CT molecular complexity index is 924. The van der Waals surface area contributed by atoms with Gasteiger partial charge in [0.05, 0.1) is 17.7 Å². The molecule has 0 bridgehead atoms. The maximum absolute atomic E-state index is 9.44. The molecule has 6 nitrogen and oxygen atoms in total. The number of hydrogen-bond donors (Lipinski definition) is 2. The van der Waals surface area contributed by atoms with Crippen molar-refractivity contribution in [1.82, 2.24) is 9.88 Å². The molecule has 3 rings (SSSR count). The van der Waals surface area contributed by atoms with Gasteiger partial charge >= 0.3 is 0 Å². The maximum Gasteiger partial charge on any atom is 0.147 e. The Morgan fingerprint density at radius 3 is 2.39 bits per heavy atom. The first-order chi connectivity index (χ1) is 13.7. The molecular formula is C22H22N6. The van der Waals surface area contributed by atoms with Crippen molar-refractivity contribution in [2.24, 2.45) is 0 Å². The summed E-state index contributed by atoms with van der Waals surface area (Å²) in [6.45, 7) is 3.18. The predicted molar refractivity (Wildman–Crippen MR) is 109 cm³/mol. The summed E-state index contributed by atoms with van der Waals surface area (Å²) in [6, 6.07) is 16.4. The number of anilines is 2. The highest BCUT2D eigenvalue weighted by atomic mass is 15.2. The van der Waals surface area contributed by atoms with E-state index in [2.05, 4.69) is 62.8 Å². The summed E-state index contributed by atoms with van der Waals surface area (Å²) in [6.07, 6.45) is 7.21. The van der Waals surface area contributed by atoms with Gasteiger partial charge in [0, 0.05) is 25.7 Å². The van der Waals surface area contributed by atoms with E-state index in [1.54, 1.807) is 6.07 Å². The molecule has 6 heteroatoms. The quantitative estimate of drug-likeness (QED) is 0.760. The number of likely N-dealkylation sites (tertiary alicyclic amines) is 1. The van der Waals surface area contributed by atoms with Crippen molar-refractivity contribution in [3.63, 3.8) is 0 Å². The number of nitrogens with one attached hydrogen (secondary N) is 2. The molecule has 140 valence electrons. The molecule has 1 aromatic carbocycles. The molecule has 0 spiro atoms. The second-order valence-electron chi connectivity index (χ2n) is 6.74. The van der Waals surface area contributed by atoms with Gasteiger partial charge in [-0.05, 0) is 24.5 Å². The van der Waals surface area contributed by atoms with E-state index in [0.29, 0.717) is 22.8 Å². The van der Waals surface area contributed by atoms with E-state index >= 15 is 0 Å². The van der Waals surface area contributed by atoms with E-state index in [-0.39, 0.29) is 12.6 Å². The molecule has 1 aliphatic heterocycles. The Hall–Kier alpha value is -3.53. The second-order valence-corrected chi connectivity index (χ2v) is 6.74. The number of terminal acetylenes is 1. The van der Waals surface area contributed by atoms with Crippen LogP contribution < -0.4 is 10.6 Å². The van der Waals surface area contributed by atoms with Crippen LogP contribution in [0.1, 0.15) is 29.5 Å². The first kappa shape index (κ1) is 19.2. The minimum atomic E-state index is 0.236. The van der Waals surface area contributed by atoms with E-state index in [1.165, 1.54) is 5.56 Å². The minimum Gasteiger partial charge on any atom is -0.366 e. The van der Waals surface area contributed by atoms with Gasteiger partial charge in [-0.3, -0.25) is 4.90 Å². The van der Waals surface area contributed by atoms with Crippen LogP contribution in [0.4, 0.5) is 11.6 Å². The van der Waals surface area contributed by atoms with Gasteiger partial charge in [-0.15, -0.1) is 6.42 Å². The normalized spacial score (nSPS) is 14.5. The minimum absolute atomic E-state index is 0.236. The molecule has 1 saturated heterocycles. The summed E-state index contributed by atoms with van der Waals surface area (Å²) in [5.41, 5.74) is 2.00. The molecule has 28 heavy (non-hydrogen) atoms. The number of nitrogens with zero attached hydrogens (tertiary/aromatic N) is 4. The fourth-order valence-electron chi connectivity index (χ4n) is 3.33. The molecule has 0 atom stereocenters. The zero-order chi connectivity index (χ0) is 19.8. The zero-order valence-corrected chi connectivity index (χ0v) is 15.7. The highest BCUT2D eigenvalue weighted by Gasteiger charge is 2.21. The molecule has 2 aromatic rings. The number of rotatable bonds is 6. The highest BCUT2D eigenvalue weighted by Crippen LogP contribution is 2.24. The van der Waals surface area contributed by atoms with Crippen LogP contribution in [0.3, 0.4) is 0 Å². The first-order valence-electron chi connectivity index (χ1n) is 9.29. The Morgan fingerprint density at radius 1 is 1.07 bits per heavy atom. The molecular weight excluding hydrogens is 348 g/mol. The van der Waals surface area contributed by atoms with Gasteiger partial charge in [-0.2, -0.15) is 10.5 Å². The van der Waals surface area contributed by atoms with Crippen LogP contribution in [0.2, 0.25) is 0 Å². The van der Waals surface area contributed by atoms with Crippen LogP contribution in [-0.4, -0.2) is 35.6 Å². The van der Waals surface area contributed by atoms with Crippen molar-refractivity contribution >= 4 is 11.6 Å². The lowest BCUT2D eigenvalue weighted by Gasteiger charge is -2.32. The average molecular weight is 370 g/mol. The maximum atomic E-state index is 9.44. The van der Waals surface area contributed by atoms with Crippen LogP contribution in [0.5, 0.6) is 0 Å². The largest absolute Gasteiger partial charge is 0.366 e. The van der Waals surface area contributed by atoms with Crippen molar-refractivity contribution < 1.29 is 0 Å². The summed E-state index contributed by atoms with van der Waals surface area (Å²) < 4.78 is 0. The highest BCUT2D eigenvalue weighted by molar-refractivity contribution is 5.64. The number of aromatic nitrogens is 1. The van der Waals surface area contributed by atoms with Crippen molar-refractivity contribution in [3.8, 4) is 24.5 Å². The van der Waals surface area contributed by atoms with Crippen LogP contribution in [0.15, 0.2) is 36.4 Å². The van der Waals surface area contributed by atoms with Crippen LogP contribution in [-0.2, 0) is 6.54 Å². The smallest absolute Gasteiger partial charge is 0.147 e. The summed E-state index contributed by atoms with van der Waals surface area (Å²) in [7, 11) is 0. The Balaban J connectivity index is 1.65. The van der Waals surface area contributed by atoms with Crippen molar-refractivity contribution in [2.45, 2.75) is 25.4 Å². The van der Waals surface area contributed by atoms with Gasteiger partial charge in [-0.1, -0.05) is 36.3 Å². The van der Waals surface area contributed by atoms with Gasteiger partial charge < -0.3 is 10.6 Å². The molecule has 0 amide bonds. The molecule has 0 saturated carbocycles. The van der Waals surface area contributed by atoms with E-state index in [4.69, 9.17) is 6.42 Å². The Morgan fingerprint density at radius 2 is 1.75 bits per heavy atom. The predicted octanol–water partition coefficient (Wildman–Crippen LogP) is 2.95. The SMILES string of the molecule is C#CCNc1nc(NC2CCN(Cc3ccccc3)CC2)c(C#N)cc1C#N. The fourth-order valence-corrected chi connectivity index (χ4v) is 3.33. The number of pyridine rings is 1. The number of piperidine rings is 1. The van der Waals surface area contributed by atoms with Crippen molar-refractivity contribution in [3.05, 3.63) is 53.1 Å². The average Bonchev–Trinajstić information content (AvgIpc) is 2.74. The van der Waals surface area contributed by atoms with E-state index in [0.717, 1.165) is 32.5 Å². The molecule has 0 aliphatic carbocycles. The van der Waals surface area contributed by atoms with Crippen LogP contribution >= 0.6 is 0 Å². The Kier molecular flexibility index (Phi) is 6.47. The van der Waals surface area contributed by atoms with Crippen molar-refractivity contribution in [2.75, 3.05) is 30.3 Å². The van der Waals surface area contributed by atoms with Crippen molar-refractivity contribution in [1.29, 1.82) is 10.5 Å². The van der Waals surface area contributed by atoms with E-state index in [1.807, 2.05) is 6.07 Å². The number of nitriles is 2. The van der Waals surface area contributed by atoms with Gasteiger partial charge in [0.15, 0.2) is 0 Å². The third-order valence-corrected chi connectivity index (χ3v) is 4.80. The van der Waals surface area contributed by atoms with Gasteiger partial charge in [0.25, 0.3) is 0 Å². The third-order valence-electron chi connectivity index (χ3n) is 4.80. The van der Waals surface area contributed by atoms with E-state index < -0.39 is 0 Å². The molecule has 0 radical (unpaired) electrons. The zero-order valence-electron chi connectivity index (χ0n) is 15.7. The second kappa shape index (κ2) is 9.42. The summed E-state index contributed by atoms with van der Waals surface area (Å²) in [4.78, 5) is 6.89. The standard InChI is InChI=1S/C22H22N6/c1-2-10-25-21-18(14-23)13-19(15-24)22(27-21)26-20-8-11-28(12-9-20)16-17-6-4-3-5-7-17/h1,3-7,13,20H,8-12,16H2,(H2,25,26,27). The molecule has 2 heterocycles. The Labute approximate surface area is 165 Å². The summed E-state index contributed by atoms with van der Waals surface area (Å²) in [5, 5.41) is 25.1. The van der Waals surface area contributed by atoms with Crippen LogP contribution in [0.25, 0.3) is 0 Å². The lowest BCUT2D eigenvalue weighted by Crippen LogP contribution is -2.39.